The van der Waals surface area contributed by atoms with E-state index >= 15 is 0 Å². The molecule has 6 heterocycles. The van der Waals surface area contributed by atoms with Gasteiger partial charge in [-0.15, -0.1) is 10.2 Å². The third kappa shape index (κ3) is 4.65. The lowest BCUT2D eigenvalue weighted by molar-refractivity contribution is -0.427. The van der Waals surface area contributed by atoms with E-state index < -0.39 is 5.91 Å². The zero-order chi connectivity index (χ0) is 28.8. The molecule has 0 radical (unpaired) electrons. The molecular formula is C27H30N9O6+. The molecule has 42 heavy (non-hydrogen) atoms. The second-order valence-electron chi connectivity index (χ2n) is 10.7. The van der Waals surface area contributed by atoms with E-state index in [-0.39, 0.29) is 40.7 Å². The highest BCUT2D eigenvalue weighted by Gasteiger charge is 2.28. The number of hydrogen-bond acceptors (Lipinski definition) is 12. The second-order valence-corrected chi connectivity index (χ2v) is 10.7. The SMILES string of the molecule is NC(=O)c1c(Cc2cc(-c3coc4c(=O)cc(N5CCOCC5)oc34)no2)nc(N[C@H]2CCCC[C@H]2[NH3+])n2cnnc12. The van der Waals surface area contributed by atoms with Crippen molar-refractivity contribution in [3.63, 3.8) is 0 Å². The molecule has 2 atom stereocenters. The first kappa shape index (κ1) is 26.2. The van der Waals surface area contributed by atoms with Crippen molar-refractivity contribution in [2.75, 3.05) is 36.5 Å². The minimum atomic E-state index is -0.687. The quantitative estimate of drug-likeness (QED) is 0.248. The molecule has 0 aromatic carbocycles. The summed E-state index contributed by atoms with van der Waals surface area (Å²) in [5.41, 5.74) is 11.8. The molecule has 0 unspecified atom stereocenters. The molecule has 1 saturated heterocycles. The van der Waals surface area contributed by atoms with Crippen LogP contribution in [-0.2, 0) is 11.2 Å². The molecule has 2 aliphatic rings. The average Bonchev–Trinajstić information content (AvgIpc) is 3.75. The number of primary amides is 1. The molecule has 0 bridgehead atoms. The first-order chi connectivity index (χ1) is 20.5. The Labute approximate surface area is 237 Å². The molecule has 2 fully saturated rings. The van der Waals surface area contributed by atoms with E-state index in [0.29, 0.717) is 66.5 Å². The number of rotatable bonds is 7. The summed E-state index contributed by atoms with van der Waals surface area (Å²) in [6.45, 7) is 2.30. The Morgan fingerprint density at radius 1 is 1.17 bits per heavy atom. The van der Waals surface area contributed by atoms with Crippen LogP contribution in [0.15, 0.2) is 42.9 Å². The molecule has 15 nitrogen and oxygen atoms in total. The van der Waals surface area contributed by atoms with Crippen molar-refractivity contribution in [1.29, 1.82) is 0 Å². The van der Waals surface area contributed by atoms with Gasteiger partial charge in [0.05, 0.1) is 43.0 Å². The van der Waals surface area contributed by atoms with Gasteiger partial charge in [-0.05, 0) is 12.8 Å². The van der Waals surface area contributed by atoms with Crippen LogP contribution in [0, 0.1) is 0 Å². The second kappa shape index (κ2) is 10.6. The summed E-state index contributed by atoms with van der Waals surface area (Å²) >= 11 is 0. The summed E-state index contributed by atoms with van der Waals surface area (Å²) in [5, 5.41) is 15.8. The number of morpholine rings is 1. The molecule has 1 aliphatic heterocycles. The number of amides is 1. The lowest BCUT2D eigenvalue weighted by Crippen LogP contribution is -2.68. The Kier molecular flexibility index (Phi) is 6.59. The van der Waals surface area contributed by atoms with Crippen LogP contribution in [0.25, 0.3) is 28.1 Å². The number of anilines is 2. The van der Waals surface area contributed by atoms with Crippen LogP contribution in [-0.4, -0.2) is 69.0 Å². The maximum atomic E-state index is 12.8. The van der Waals surface area contributed by atoms with E-state index in [1.54, 1.807) is 10.5 Å². The highest BCUT2D eigenvalue weighted by molar-refractivity contribution is 6.00. The van der Waals surface area contributed by atoms with Gasteiger partial charge >= 0.3 is 0 Å². The number of ether oxygens (including phenoxy) is 1. The third-order valence-corrected chi connectivity index (χ3v) is 7.93. The van der Waals surface area contributed by atoms with Gasteiger partial charge in [0.1, 0.15) is 35.6 Å². The van der Waals surface area contributed by atoms with E-state index in [9.17, 15) is 9.59 Å². The Bertz CT molecular complexity index is 1830. The molecule has 7 rings (SSSR count). The minimum absolute atomic E-state index is 0.0867. The van der Waals surface area contributed by atoms with Crippen LogP contribution in [0.4, 0.5) is 11.8 Å². The highest BCUT2D eigenvalue weighted by Crippen LogP contribution is 2.32. The van der Waals surface area contributed by atoms with Crippen LogP contribution >= 0.6 is 0 Å². The van der Waals surface area contributed by atoms with Gasteiger partial charge in [-0.2, -0.15) is 0 Å². The lowest BCUT2D eigenvalue weighted by atomic mass is 9.91. The van der Waals surface area contributed by atoms with Crippen molar-refractivity contribution in [2.24, 2.45) is 5.73 Å². The van der Waals surface area contributed by atoms with Gasteiger partial charge < -0.3 is 39.8 Å². The number of aromatic nitrogens is 5. The van der Waals surface area contributed by atoms with Gasteiger partial charge in [0, 0.05) is 25.6 Å². The summed E-state index contributed by atoms with van der Waals surface area (Å²) in [4.78, 5) is 32.1. The monoisotopic (exact) mass is 576 g/mol. The van der Waals surface area contributed by atoms with Gasteiger partial charge in [0.25, 0.3) is 5.91 Å². The number of carbonyl (C=O) groups is 1. The number of furan rings is 1. The fraction of sp³-hybridized carbons (Fsp3) is 0.407. The molecule has 218 valence electrons. The Hall–Kier alpha value is -4.76. The van der Waals surface area contributed by atoms with Crippen molar-refractivity contribution >= 4 is 34.6 Å². The van der Waals surface area contributed by atoms with E-state index in [1.165, 1.54) is 18.7 Å². The van der Waals surface area contributed by atoms with Crippen LogP contribution < -0.4 is 27.1 Å². The molecule has 1 saturated carbocycles. The summed E-state index contributed by atoms with van der Waals surface area (Å²) in [7, 11) is 0. The molecule has 1 amide bonds. The molecule has 15 heteroatoms. The Morgan fingerprint density at radius 3 is 2.81 bits per heavy atom. The smallest absolute Gasteiger partial charge is 0.254 e. The number of hydrogen-bond donors (Lipinski definition) is 3. The largest absolute Gasteiger partial charge is 0.456 e. The molecule has 1 aliphatic carbocycles. The summed E-state index contributed by atoms with van der Waals surface area (Å²) < 4.78 is 24.4. The fourth-order valence-electron chi connectivity index (χ4n) is 5.71. The first-order valence-corrected chi connectivity index (χ1v) is 13.9. The molecule has 5 aromatic heterocycles. The van der Waals surface area contributed by atoms with Gasteiger partial charge in [-0.25, -0.2) is 4.98 Å². The highest BCUT2D eigenvalue weighted by atomic mass is 16.5. The molecule has 0 spiro atoms. The van der Waals surface area contributed by atoms with Crippen LogP contribution in [0.2, 0.25) is 0 Å². The van der Waals surface area contributed by atoms with Gasteiger partial charge in [0.2, 0.25) is 17.0 Å². The standard InChI is InChI=1S/C27H29N9O6/c28-16-3-1-2-4-17(16)31-27-32-19(22(25(29)38)26-33-30-13-36(26)27)10-14-9-18(34-42-14)15-12-40-24-20(37)11-21(41-23(15)24)35-5-7-39-8-6-35/h9,11-13,16-17H,1-8,10,28H2,(H2,29,38)(H,31,32)/p+1/t16-,17+/m1/s1. The van der Waals surface area contributed by atoms with E-state index in [0.717, 1.165) is 25.7 Å². The van der Waals surface area contributed by atoms with Crippen molar-refractivity contribution in [3.8, 4) is 11.3 Å². The zero-order valence-corrected chi connectivity index (χ0v) is 22.7. The van der Waals surface area contributed by atoms with E-state index in [2.05, 4.69) is 26.4 Å². The van der Waals surface area contributed by atoms with Gasteiger partial charge in [-0.1, -0.05) is 11.6 Å². The Balaban J connectivity index is 1.23. The number of nitrogens with two attached hydrogens (primary N) is 1. The minimum Gasteiger partial charge on any atom is -0.456 e. The van der Waals surface area contributed by atoms with Gasteiger partial charge in [-0.3, -0.25) is 14.0 Å². The average molecular weight is 577 g/mol. The van der Waals surface area contributed by atoms with Crippen LogP contribution in [0.1, 0.15) is 47.5 Å². The van der Waals surface area contributed by atoms with E-state index in [4.69, 9.17) is 28.8 Å². The van der Waals surface area contributed by atoms with E-state index in [1.807, 2.05) is 4.90 Å². The third-order valence-electron chi connectivity index (χ3n) is 7.93. The normalized spacial score (nSPS) is 19.5. The number of nitrogens with zero attached hydrogens (tertiary/aromatic N) is 6. The lowest BCUT2D eigenvalue weighted by Gasteiger charge is -2.27. The Morgan fingerprint density at radius 2 is 2.00 bits per heavy atom. The topological polar surface area (TPSA) is 208 Å². The first-order valence-electron chi connectivity index (χ1n) is 13.9. The molecule has 5 aromatic rings. The van der Waals surface area contributed by atoms with Crippen LogP contribution in [0.5, 0.6) is 0 Å². The number of nitrogens with one attached hydrogen (secondary N) is 1. The van der Waals surface area contributed by atoms with Gasteiger partial charge in [0.15, 0.2) is 17.1 Å². The maximum Gasteiger partial charge on any atom is 0.254 e. The molecule has 6 N–H and O–H groups in total. The maximum absolute atomic E-state index is 12.8. The van der Waals surface area contributed by atoms with Crippen molar-refractivity contribution in [1.82, 2.24) is 24.7 Å². The van der Waals surface area contributed by atoms with Crippen molar-refractivity contribution in [3.05, 3.63) is 52.0 Å². The molecular weight excluding hydrogens is 546 g/mol. The number of carbonyl (C=O) groups excluding carboxylic acids is 1. The van der Waals surface area contributed by atoms with Crippen LogP contribution in [0.3, 0.4) is 0 Å². The van der Waals surface area contributed by atoms with Crippen molar-refractivity contribution in [2.45, 2.75) is 44.2 Å². The zero-order valence-electron chi connectivity index (χ0n) is 22.7. The summed E-state index contributed by atoms with van der Waals surface area (Å²) in [5.74, 6) is 0.645. The van der Waals surface area contributed by atoms with Crippen molar-refractivity contribution < 1.29 is 28.6 Å². The summed E-state index contributed by atoms with van der Waals surface area (Å²) in [6, 6.07) is 3.44. The fourth-order valence-corrected chi connectivity index (χ4v) is 5.71. The predicted octanol–water partition coefficient (Wildman–Crippen LogP) is 0.970. The number of fused-ring (bicyclic) bond motifs is 2. The predicted molar refractivity (Wildman–Crippen MR) is 148 cm³/mol. The number of quaternary nitrogens is 1. The summed E-state index contributed by atoms with van der Waals surface area (Å²) in [6.07, 6.45) is 7.23.